The molecule has 2 aromatic heterocycles. The molecule has 1 amide bonds. The SMILES string of the molecule is CC(C)CC(=O)N1C2CC2=C[C@H]1c1ncc(-c2ccc(C#Cc3ccc(-c4cnc[nH]4)cc3)cc2)[nH]1. The van der Waals surface area contributed by atoms with Gasteiger partial charge in [0.25, 0.3) is 0 Å². The van der Waals surface area contributed by atoms with Crippen LogP contribution < -0.4 is 0 Å². The van der Waals surface area contributed by atoms with Crippen molar-refractivity contribution in [1.29, 1.82) is 0 Å². The summed E-state index contributed by atoms with van der Waals surface area (Å²) >= 11 is 0. The molecule has 4 aromatic rings. The molecule has 3 heterocycles. The predicted octanol–water partition coefficient (Wildman–Crippen LogP) is 5.49. The fraction of sp³-hybridized carbons (Fsp3) is 0.233. The topological polar surface area (TPSA) is 77.7 Å². The lowest BCUT2D eigenvalue weighted by Crippen LogP contribution is -2.35. The minimum Gasteiger partial charge on any atom is -0.345 e. The monoisotopic (exact) mass is 473 g/mol. The number of benzene rings is 2. The van der Waals surface area contributed by atoms with Gasteiger partial charge in [0.1, 0.15) is 11.9 Å². The minimum atomic E-state index is -0.0939. The summed E-state index contributed by atoms with van der Waals surface area (Å²) in [6.07, 6.45) is 9.11. The van der Waals surface area contributed by atoms with E-state index in [1.165, 1.54) is 5.57 Å². The molecule has 0 radical (unpaired) electrons. The number of nitrogens with zero attached hydrogens (tertiary/aromatic N) is 3. The van der Waals surface area contributed by atoms with Crippen LogP contribution in [0.15, 0.2) is 78.9 Å². The van der Waals surface area contributed by atoms with Crippen LogP contribution in [-0.4, -0.2) is 36.8 Å². The Morgan fingerprint density at radius 3 is 2.28 bits per heavy atom. The average molecular weight is 474 g/mol. The van der Waals surface area contributed by atoms with Gasteiger partial charge in [-0.15, -0.1) is 0 Å². The van der Waals surface area contributed by atoms with Crippen LogP contribution in [0.5, 0.6) is 0 Å². The van der Waals surface area contributed by atoms with Crippen LogP contribution in [0, 0.1) is 17.8 Å². The third kappa shape index (κ3) is 4.36. The summed E-state index contributed by atoms with van der Waals surface area (Å²) in [7, 11) is 0. The second-order valence-corrected chi connectivity index (χ2v) is 9.86. The largest absolute Gasteiger partial charge is 0.345 e. The van der Waals surface area contributed by atoms with E-state index in [4.69, 9.17) is 0 Å². The van der Waals surface area contributed by atoms with E-state index in [0.29, 0.717) is 12.3 Å². The Hall–Kier alpha value is -4.37. The van der Waals surface area contributed by atoms with E-state index in [-0.39, 0.29) is 18.0 Å². The molecule has 6 rings (SSSR count). The summed E-state index contributed by atoms with van der Waals surface area (Å²) in [4.78, 5) is 30.1. The Kier molecular flexibility index (Phi) is 5.54. The number of aromatic amines is 2. The van der Waals surface area contributed by atoms with Crippen molar-refractivity contribution in [3.05, 3.63) is 95.9 Å². The zero-order valence-corrected chi connectivity index (χ0v) is 20.3. The standard InChI is InChI=1S/C30H27N5O/c1-19(2)13-29(36)35-27-14-24(27)15-28(35)30-32-17-26(34-30)23-11-7-21(8-12-23)4-3-20-5-9-22(10-6-20)25-16-31-18-33-25/h5-12,15-19,27-28H,13-14H2,1-2H3,(H,31,33)(H,32,34)/t27?,28-/m0/s1. The van der Waals surface area contributed by atoms with Crippen molar-refractivity contribution in [3.8, 4) is 34.4 Å². The number of carbonyl (C=O) groups is 1. The van der Waals surface area contributed by atoms with Gasteiger partial charge in [0.15, 0.2) is 0 Å². The van der Waals surface area contributed by atoms with E-state index in [1.807, 2.05) is 47.5 Å². The summed E-state index contributed by atoms with van der Waals surface area (Å²) in [5.74, 6) is 7.85. The van der Waals surface area contributed by atoms with E-state index in [9.17, 15) is 4.79 Å². The van der Waals surface area contributed by atoms with Crippen molar-refractivity contribution >= 4 is 5.91 Å². The zero-order chi connectivity index (χ0) is 24.6. The Morgan fingerprint density at radius 2 is 1.67 bits per heavy atom. The summed E-state index contributed by atoms with van der Waals surface area (Å²) in [5.41, 5.74) is 7.31. The highest BCUT2D eigenvalue weighted by Crippen LogP contribution is 2.48. The maximum absolute atomic E-state index is 12.9. The van der Waals surface area contributed by atoms with Crippen LogP contribution in [0.3, 0.4) is 0 Å². The number of nitrogens with one attached hydrogen (secondary N) is 2. The highest BCUT2D eigenvalue weighted by molar-refractivity contribution is 5.80. The molecule has 6 nitrogen and oxygen atoms in total. The van der Waals surface area contributed by atoms with E-state index in [2.05, 4.69) is 63.8 Å². The van der Waals surface area contributed by atoms with Gasteiger partial charge in [-0.3, -0.25) is 4.79 Å². The molecule has 1 saturated carbocycles. The Labute approximate surface area is 210 Å². The fourth-order valence-electron chi connectivity index (χ4n) is 4.75. The van der Waals surface area contributed by atoms with Gasteiger partial charge in [-0.25, -0.2) is 9.97 Å². The Balaban J connectivity index is 1.15. The maximum atomic E-state index is 12.9. The molecule has 1 aliphatic heterocycles. The van der Waals surface area contributed by atoms with Gasteiger partial charge in [-0.05, 0) is 53.3 Å². The lowest BCUT2D eigenvalue weighted by molar-refractivity contribution is -0.133. The van der Waals surface area contributed by atoms with Gasteiger partial charge in [0.05, 0.1) is 36.2 Å². The van der Waals surface area contributed by atoms with E-state index in [1.54, 1.807) is 12.5 Å². The second kappa shape index (κ2) is 9.01. The Morgan fingerprint density at radius 1 is 1.00 bits per heavy atom. The first kappa shape index (κ1) is 22.1. The summed E-state index contributed by atoms with van der Waals surface area (Å²) in [5, 5.41) is 0. The number of hydrogen-bond donors (Lipinski definition) is 2. The van der Waals surface area contributed by atoms with Crippen molar-refractivity contribution < 1.29 is 4.79 Å². The van der Waals surface area contributed by atoms with Gasteiger partial charge in [-0.2, -0.15) is 0 Å². The maximum Gasteiger partial charge on any atom is 0.224 e. The average Bonchev–Trinajstić information content (AvgIpc) is 3.31. The molecule has 6 heteroatoms. The molecule has 2 aromatic carbocycles. The molecule has 1 aliphatic carbocycles. The third-order valence-corrected chi connectivity index (χ3v) is 6.69. The van der Waals surface area contributed by atoms with Gasteiger partial charge < -0.3 is 14.9 Å². The first-order chi connectivity index (χ1) is 17.5. The Bertz CT molecular complexity index is 1480. The van der Waals surface area contributed by atoms with E-state index >= 15 is 0 Å². The molecule has 36 heavy (non-hydrogen) atoms. The highest BCUT2D eigenvalue weighted by Gasteiger charge is 2.48. The minimum absolute atomic E-state index is 0.0939. The van der Waals surface area contributed by atoms with Crippen molar-refractivity contribution in [2.45, 2.75) is 38.8 Å². The van der Waals surface area contributed by atoms with Crippen molar-refractivity contribution in [2.75, 3.05) is 0 Å². The molecular weight excluding hydrogens is 446 g/mol. The number of H-pyrrole nitrogens is 2. The number of imidazole rings is 2. The van der Waals surface area contributed by atoms with Crippen LogP contribution in [-0.2, 0) is 4.79 Å². The fourth-order valence-corrected chi connectivity index (χ4v) is 4.75. The van der Waals surface area contributed by atoms with Gasteiger partial charge in [0.2, 0.25) is 5.91 Å². The van der Waals surface area contributed by atoms with Crippen LogP contribution in [0.25, 0.3) is 22.5 Å². The normalized spacial score (nSPS) is 18.0. The van der Waals surface area contributed by atoms with Crippen LogP contribution in [0.4, 0.5) is 0 Å². The highest BCUT2D eigenvalue weighted by atomic mass is 16.2. The zero-order valence-electron chi connectivity index (χ0n) is 20.3. The number of hydrogen-bond acceptors (Lipinski definition) is 3. The van der Waals surface area contributed by atoms with Crippen molar-refractivity contribution in [1.82, 2.24) is 24.8 Å². The smallest absolute Gasteiger partial charge is 0.224 e. The second-order valence-electron chi connectivity index (χ2n) is 9.86. The van der Waals surface area contributed by atoms with Crippen LogP contribution >= 0.6 is 0 Å². The molecule has 2 N–H and O–H groups in total. The molecule has 1 fully saturated rings. The lowest BCUT2D eigenvalue weighted by Gasteiger charge is -2.26. The van der Waals surface area contributed by atoms with Gasteiger partial charge >= 0.3 is 0 Å². The van der Waals surface area contributed by atoms with Gasteiger partial charge in [-0.1, -0.05) is 56.0 Å². The number of amides is 1. The number of rotatable bonds is 5. The van der Waals surface area contributed by atoms with Gasteiger partial charge in [0, 0.05) is 17.5 Å². The first-order valence-electron chi connectivity index (χ1n) is 12.3. The first-order valence-corrected chi connectivity index (χ1v) is 12.3. The molecule has 2 aliphatic rings. The molecule has 178 valence electrons. The third-order valence-electron chi connectivity index (χ3n) is 6.69. The quantitative estimate of drug-likeness (QED) is 0.297. The lowest BCUT2D eigenvalue weighted by atomic mass is 10.1. The summed E-state index contributed by atoms with van der Waals surface area (Å²) in [6.45, 7) is 4.17. The number of carbonyl (C=O) groups excluding carboxylic acids is 1. The predicted molar refractivity (Wildman–Crippen MR) is 140 cm³/mol. The van der Waals surface area contributed by atoms with Crippen LogP contribution in [0.2, 0.25) is 0 Å². The molecular formula is C30H27N5O. The van der Waals surface area contributed by atoms with Crippen LogP contribution in [0.1, 0.15) is 49.7 Å². The molecule has 0 spiro atoms. The van der Waals surface area contributed by atoms with Crippen molar-refractivity contribution in [3.63, 3.8) is 0 Å². The molecule has 0 saturated heterocycles. The molecule has 1 unspecified atom stereocenters. The van der Waals surface area contributed by atoms with E-state index in [0.717, 1.165) is 45.9 Å². The summed E-state index contributed by atoms with van der Waals surface area (Å²) < 4.78 is 0. The molecule has 2 atom stereocenters. The van der Waals surface area contributed by atoms with E-state index < -0.39 is 0 Å². The van der Waals surface area contributed by atoms with Crippen molar-refractivity contribution in [2.24, 2.45) is 5.92 Å². The summed E-state index contributed by atoms with van der Waals surface area (Å²) in [6, 6.07) is 16.4. The number of aromatic nitrogens is 4. The molecule has 0 bridgehead atoms. The number of fused-ring (bicyclic) bond motifs is 1.